The van der Waals surface area contributed by atoms with E-state index >= 15 is 0 Å². The van der Waals surface area contributed by atoms with Crippen molar-refractivity contribution in [1.82, 2.24) is 9.97 Å². The van der Waals surface area contributed by atoms with Gasteiger partial charge in [-0.05, 0) is 52.5 Å². The number of thioether (sulfide) groups is 1. The third-order valence-corrected chi connectivity index (χ3v) is 4.27. The van der Waals surface area contributed by atoms with E-state index < -0.39 is 0 Å². The Bertz CT molecular complexity index is 780. The number of nitrogens with one attached hydrogen (secondary N) is 1. The van der Waals surface area contributed by atoms with Crippen molar-refractivity contribution in [2.24, 2.45) is 0 Å². The maximum atomic E-state index is 12.6. The van der Waals surface area contributed by atoms with Crippen LogP contribution >= 0.6 is 27.7 Å². The second kappa shape index (κ2) is 5.42. The average molecular weight is 347 g/mol. The molecule has 0 saturated carbocycles. The summed E-state index contributed by atoms with van der Waals surface area (Å²) in [4.78, 5) is 21.0. The van der Waals surface area contributed by atoms with Gasteiger partial charge in [0.25, 0.3) is 0 Å². The molecule has 1 aromatic carbocycles. The summed E-state index contributed by atoms with van der Waals surface area (Å²) < 4.78 is 0.858. The number of hydrogen-bond acceptors (Lipinski definition) is 3. The van der Waals surface area contributed by atoms with Gasteiger partial charge in [-0.15, -0.1) is 11.8 Å². The number of nitrogens with zero attached hydrogens (tertiary/aromatic N) is 1. The first-order chi connectivity index (χ1) is 9.69. The number of pyridine rings is 1. The molecule has 0 fully saturated rings. The summed E-state index contributed by atoms with van der Waals surface area (Å²) in [6.07, 6.45) is 5.44. The second-order valence-electron chi connectivity index (χ2n) is 4.31. The van der Waals surface area contributed by atoms with Crippen molar-refractivity contribution in [2.75, 3.05) is 6.26 Å². The molecule has 20 heavy (non-hydrogen) atoms. The molecule has 2 aromatic heterocycles. The fourth-order valence-corrected chi connectivity index (χ4v) is 2.80. The highest BCUT2D eigenvalue weighted by atomic mass is 79.9. The van der Waals surface area contributed by atoms with E-state index in [1.54, 1.807) is 24.2 Å². The molecule has 0 atom stereocenters. The predicted molar refractivity (Wildman–Crippen MR) is 85.4 cm³/mol. The number of H-pyrrole nitrogens is 1. The van der Waals surface area contributed by atoms with E-state index in [1.165, 1.54) is 0 Å². The smallest absolute Gasteiger partial charge is 0.195 e. The molecular formula is C15H11BrN2OS. The zero-order valence-corrected chi connectivity index (χ0v) is 13.1. The maximum absolute atomic E-state index is 12.6. The SMILES string of the molecule is CSc1ccc(C(=O)c2c[nH]c3ncc(Br)cc23)cc1. The zero-order valence-electron chi connectivity index (χ0n) is 10.7. The lowest BCUT2D eigenvalue weighted by Crippen LogP contribution is -2.00. The minimum atomic E-state index is 0.00352. The third-order valence-electron chi connectivity index (χ3n) is 3.09. The molecule has 3 nitrogen and oxygen atoms in total. The molecule has 0 aliphatic heterocycles. The van der Waals surface area contributed by atoms with Gasteiger partial charge in [0.2, 0.25) is 0 Å². The van der Waals surface area contributed by atoms with E-state index in [0.717, 1.165) is 20.4 Å². The highest BCUT2D eigenvalue weighted by Crippen LogP contribution is 2.24. The minimum absolute atomic E-state index is 0.00352. The van der Waals surface area contributed by atoms with Gasteiger partial charge in [0.15, 0.2) is 5.78 Å². The predicted octanol–water partition coefficient (Wildman–Crippen LogP) is 4.28. The number of aromatic amines is 1. The van der Waals surface area contributed by atoms with Gasteiger partial charge in [-0.1, -0.05) is 0 Å². The Hall–Kier alpha value is -1.59. The molecule has 100 valence electrons. The molecular weight excluding hydrogens is 336 g/mol. The number of carbonyl (C=O) groups excluding carboxylic acids is 1. The van der Waals surface area contributed by atoms with Crippen LogP contribution in [0.25, 0.3) is 11.0 Å². The second-order valence-corrected chi connectivity index (χ2v) is 6.11. The average Bonchev–Trinajstić information content (AvgIpc) is 2.89. The van der Waals surface area contributed by atoms with Gasteiger partial charge in [0, 0.05) is 38.3 Å². The van der Waals surface area contributed by atoms with Crippen LogP contribution in [0.4, 0.5) is 0 Å². The fourth-order valence-electron chi connectivity index (χ4n) is 2.06. The van der Waals surface area contributed by atoms with Crippen molar-refractivity contribution in [3.05, 3.63) is 58.3 Å². The largest absolute Gasteiger partial charge is 0.345 e. The summed E-state index contributed by atoms with van der Waals surface area (Å²) in [6.45, 7) is 0. The molecule has 1 N–H and O–H groups in total. The maximum Gasteiger partial charge on any atom is 0.195 e. The highest BCUT2D eigenvalue weighted by Gasteiger charge is 2.15. The molecule has 0 aliphatic rings. The van der Waals surface area contributed by atoms with Gasteiger partial charge in [0.1, 0.15) is 5.65 Å². The standard InChI is InChI=1S/C15H11BrN2OS/c1-20-11-4-2-9(3-5-11)14(19)13-8-18-15-12(13)6-10(16)7-17-15/h2-8H,1H3,(H,17,18). The number of benzene rings is 1. The highest BCUT2D eigenvalue weighted by molar-refractivity contribution is 9.10. The quantitative estimate of drug-likeness (QED) is 0.568. The van der Waals surface area contributed by atoms with Gasteiger partial charge in [-0.2, -0.15) is 0 Å². The zero-order chi connectivity index (χ0) is 14.1. The molecule has 0 aliphatic carbocycles. The van der Waals surface area contributed by atoms with Crippen LogP contribution in [0.15, 0.2) is 52.1 Å². The van der Waals surface area contributed by atoms with E-state index in [1.807, 2.05) is 36.6 Å². The molecule has 0 amide bonds. The van der Waals surface area contributed by atoms with Crippen molar-refractivity contribution < 1.29 is 4.79 Å². The van der Waals surface area contributed by atoms with Crippen molar-refractivity contribution >= 4 is 44.5 Å². The van der Waals surface area contributed by atoms with E-state index in [2.05, 4.69) is 25.9 Å². The summed E-state index contributed by atoms with van der Waals surface area (Å²) in [5.74, 6) is 0.00352. The van der Waals surface area contributed by atoms with E-state index in [4.69, 9.17) is 0 Å². The first-order valence-corrected chi connectivity index (χ1v) is 8.02. The van der Waals surface area contributed by atoms with Crippen molar-refractivity contribution in [3.63, 3.8) is 0 Å². The molecule has 2 heterocycles. The summed E-state index contributed by atoms with van der Waals surface area (Å²) in [6, 6.07) is 9.54. The number of aromatic nitrogens is 2. The van der Waals surface area contributed by atoms with Crippen LogP contribution in [0.3, 0.4) is 0 Å². The normalized spacial score (nSPS) is 10.9. The monoisotopic (exact) mass is 346 g/mol. The number of hydrogen-bond donors (Lipinski definition) is 1. The van der Waals surface area contributed by atoms with Gasteiger partial charge >= 0.3 is 0 Å². The molecule has 5 heteroatoms. The Labute approximate surface area is 128 Å². The molecule has 3 rings (SSSR count). The van der Waals surface area contributed by atoms with Crippen LogP contribution < -0.4 is 0 Å². The van der Waals surface area contributed by atoms with Crippen LogP contribution in [0.2, 0.25) is 0 Å². The van der Waals surface area contributed by atoms with Crippen LogP contribution in [-0.2, 0) is 0 Å². The van der Waals surface area contributed by atoms with Crippen molar-refractivity contribution in [1.29, 1.82) is 0 Å². The summed E-state index contributed by atoms with van der Waals surface area (Å²) >= 11 is 5.04. The van der Waals surface area contributed by atoms with E-state index in [-0.39, 0.29) is 5.78 Å². The Morgan fingerprint density at radius 1 is 1.30 bits per heavy atom. The number of rotatable bonds is 3. The minimum Gasteiger partial charge on any atom is -0.345 e. The fraction of sp³-hybridized carbons (Fsp3) is 0.0667. The van der Waals surface area contributed by atoms with Crippen LogP contribution in [0.1, 0.15) is 15.9 Å². The number of ketones is 1. The van der Waals surface area contributed by atoms with Gasteiger partial charge in [-0.25, -0.2) is 4.98 Å². The number of halogens is 1. The van der Waals surface area contributed by atoms with Crippen LogP contribution in [-0.4, -0.2) is 22.0 Å². The Morgan fingerprint density at radius 3 is 2.75 bits per heavy atom. The lowest BCUT2D eigenvalue weighted by Gasteiger charge is -2.01. The summed E-state index contributed by atoms with van der Waals surface area (Å²) in [7, 11) is 0. The first kappa shape index (κ1) is 13.4. The van der Waals surface area contributed by atoms with Gasteiger partial charge < -0.3 is 4.98 Å². The lowest BCUT2D eigenvalue weighted by molar-refractivity contribution is 0.104. The molecule has 0 unspecified atom stereocenters. The van der Waals surface area contributed by atoms with E-state index in [0.29, 0.717) is 11.1 Å². The molecule has 0 spiro atoms. The third kappa shape index (κ3) is 2.39. The molecule has 0 radical (unpaired) electrons. The number of carbonyl (C=O) groups is 1. The Kier molecular flexibility index (Phi) is 3.63. The topological polar surface area (TPSA) is 45.8 Å². The Morgan fingerprint density at radius 2 is 2.05 bits per heavy atom. The van der Waals surface area contributed by atoms with Gasteiger partial charge in [-0.3, -0.25) is 4.79 Å². The summed E-state index contributed by atoms with van der Waals surface area (Å²) in [5, 5.41) is 0.832. The van der Waals surface area contributed by atoms with Gasteiger partial charge in [0.05, 0.1) is 0 Å². The Balaban J connectivity index is 2.05. The van der Waals surface area contributed by atoms with Crippen molar-refractivity contribution in [2.45, 2.75) is 4.90 Å². The number of fused-ring (bicyclic) bond motifs is 1. The lowest BCUT2D eigenvalue weighted by atomic mass is 10.0. The van der Waals surface area contributed by atoms with Crippen LogP contribution in [0, 0.1) is 0 Å². The molecule has 0 saturated heterocycles. The van der Waals surface area contributed by atoms with Crippen molar-refractivity contribution in [3.8, 4) is 0 Å². The molecule has 3 aromatic rings. The van der Waals surface area contributed by atoms with Crippen LogP contribution in [0.5, 0.6) is 0 Å². The summed E-state index contributed by atoms with van der Waals surface area (Å²) in [5.41, 5.74) is 2.05. The first-order valence-electron chi connectivity index (χ1n) is 6.00. The van der Waals surface area contributed by atoms with E-state index in [9.17, 15) is 4.79 Å². The molecule has 0 bridgehead atoms.